The van der Waals surface area contributed by atoms with E-state index in [4.69, 9.17) is 0 Å². The summed E-state index contributed by atoms with van der Waals surface area (Å²) in [4.78, 5) is 4.04. The van der Waals surface area contributed by atoms with Crippen LogP contribution in [0.15, 0.2) is 53.3 Å². The van der Waals surface area contributed by atoms with Crippen LogP contribution in [-0.2, 0) is 12.8 Å². The van der Waals surface area contributed by atoms with Crippen molar-refractivity contribution in [3.63, 3.8) is 0 Å². The van der Waals surface area contributed by atoms with E-state index in [0.717, 1.165) is 23.9 Å². The third-order valence-corrected chi connectivity index (χ3v) is 3.87. The maximum absolute atomic E-state index is 4.04. The molecule has 1 unspecified atom stereocenters. The second-order valence-electron chi connectivity index (χ2n) is 5.14. The first-order valence-electron chi connectivity index (χ1n) is 7.11. The zero-order valence-corrected chi connectivity index (χ0v) is 13.4. The summed E-state index contributed by atoms with van der Waals surface area (Å²) < 4.78 is 1.14. The Bertz CT molecular complexity index is 496. The molecule has 1 aromatic heterocycles. The Morgan fingerprint density at radius 2 is 1.75 bits per heavy atom. The van der Waals surface area contributed by atoms with Gasteiger partial charge in [-0.25, -0.2) is 0 Å². The largest absolute Gasteiger partial charge is 0.314 e. The summed E-state index contributed by atoms with van der Waals surface area (Å²) in [5.41, 5.74) is 2.74. The number of benzene rings is 1. The van der Waals surface area contributed by atoms with Crippen LogP contribution in [0.5, 0.6) is 0 Å². The van der Waals surface area contributed by atoms with E-state index in [1.54, 1.807) is 0 Å². The Labute approximate surface area is 129 Å². The van der Waals surface area contributed by atoms with Crippen LogP contribution in [0.3, 0.4) is 0 Å². The number of hydrogen-bond acceptors (Lipinski definition) is 2. The first-order valence-corrected chi connectivity index (χ1v) is 7.90. The molecule has 1 aromatic carbocycles. The average Bonchev–Trinajstić information content (AvgIpc) is 2.46. The minimum Gasteiger partial charge on any atom is -0.314 e. The second kappa shape index (κ2) is 8.18. The van der Waals surface area contributed by atoms with Gasteiger partial charge in [-0.05, 0) is 68.1 Å². The highest BCUT2D eigenvalue weighted by Crippen LogP contribution is 2.11. The molecular formula is C17H21BrN2. The standard InChI is InChI=1S/C17H21BrN2/c1-14(13-16-8-11-19-12-9-16)20-10-2-3-15-4-6-17(18)7-5-15/h4-9,11-12,14,20H,2-3,10,13H2,1H3. The van der Waals surface area contributed by atoms with E-state index in [1.807, 2.05) is 12.4 Å². The lowest BCUT2D eigenvalue weighted by atomic mass is 10.1. The third kappa shape index (κ3) is 5.43. The van der Waals surface area contributed by atoms with Gasteiger partial charge >= 0.3 is 0 Å². The molecule has 3 heteroatoms. The Morgan fingerprint density at radius 3 is 2.45 bits per heavy atom. The summed E-state index contributed by atoms with van der Waals surface area (Å²) in [6.07, 6.45) is 7.07. The molecule has 0 bridgehead atoms. The van der Waals surface area contributed by atoms with E-state index in [-0.39, 0.29) is 0 Å². The van der Waals surface area contributed by atoms with Crippen molar-refractivity contribution in [2.75, 3.05) is 6.54 Å². The van der Waals surface area contributed by atoms with Crippen molar-refractivity contribution < 1.29 is 0 Å². The van der Waals surface area contributed by atoms with Gasteiger partial charge in [-0.2, -0.15) is 0 Å². The number of nitrogens with zero attached hydrogens (tertiary/aromatic N) is 1. The molecule has 1 N–H and O–H groups in total. The first kappa shape index (κ1) is 15.2. The van der Waals surface area contributed by atoms with Crippen LogP contribution in [-0.4, -0.2) is 17.6 Å². The lowest BCUT2D eigenvalue weighted by Gasteiger charge is -2.13. The molecule has 2 aromatic rings. The number of rotatable bonds is 7. The zero-order valence-electron chi connectivity index (χ0n) is 11.8. The number of aryl methyl sites for hydroxylation is 1. The molecule has 0 saturated heterocycles. The van der Waals surface area contributed by atoms with Crippen LogP contribution in [0.25, 0.3) is 0 Å². The van der Waals surface area contributed by atoms with Gasteiger partial charge in [0, 0.05) is 22.9 Å². The molecule has 0 fully saturated rings. The van der Waals surface area contributed by atoms with Gasteiger partial charge in [-0.15, -0.1) is 0 Å². The smallest absolute Gasteiger partial charge is 0.0270 e. The Kier molecular flexibility index (Phi) is 6.22. The van der Waals surface area contributed by atoms with Gasteiger partial charge in [0.15, 0.2) is 0 Å². The Morgan fingerprint density at radius 1 is 1.05 bits per heavy atom. The van der Waals surface area contributed by atoms with E-state index in [9.17, 15) is 0 Å². The summed E-state index contributed by atoms with van der Waals surface area (Å²) in [6, 6.07) is 13.3. The number of halogens is 1. The molecule has 0 saturated carbocycles. The fraction of sp³-hybridized carbons (Fsp3) is 0.353. The van der Waals surface area contributed by atoms with E-state index in [0.29, 0.717) is 6.04 Å². The summed E-state index contributed by atoms with van der Waals surface area (Å²) >= 11 is 3.46. The van der Waals surface area contributed by atoms with Gasteiger partial charge in [0.1, 0.15) is 0 Å². The molecule has 1 atom stereocenters. The number of aromatic nitrogens is 1. The van der Waals surface area contributed by atoms with Crippen LogP contribution in [0, 0.1) is 0 Å². The fourth-order valence-corrected chi connectivity index (χ4v) is 2.50. The molecule has 0 spiro atoms. The van der Waals surface area contributed by atoms with Crippen LogP contribution in [0.1, 0.15) is 24.5 Å². The van der Waals surface area contributed by atoms with Gasteiger partial charge in [0.05, 0.1) is 0 Å². The lowest BCUT2D eigenvalue weighted by molar-refractivity contribution is 0.534. The number of nitrogens with one attached hydrogen (secondary N) is 1. The van der Waals surface area contributed by atoms with Crippen molar-refractivity contribution in [2.24, 2.45) is 0 Å². The average molecular weight is 333 g/mol. The molecule has 2 nitrogen and oxygen atoms in total. The van der Waals surface area contributed by atoms with Crippen molar-refractivity contribution in [2.45, 2.75) is 32.2 Å². The molecule has 2 rings (SSSR count). The molecule has 0 amide bonds. The third-order valence-electron chi connectivity index (χ3n) is 3.34. The normalized spacial score (nSPS) is 12.3. The van der Waals surface area contributed by atoms with Crippen LogP contribution >= 0.6 is 15.9 Å². The SMILES string of the molecule is CC(Cc1ccncc1)NCCCc1ccc(Br)cc1. The molecular weight excluding hydrogens is 312 g/mol. The summed E-state index contributed by atoms with van der Waals surface area (Å²) in [7, 11) is 0. The lowest BCUT2D eigenvalue weighted by Crippen LogP contribution is -2.29. The maximum atomic E-state index is 4.04. The highest BCUT2D eigenvalue weighted by Gasteiger charge is 2.02. The topological polar surface area (TPSA) is 24.9 Å². The molecule has 0 radical (unpaired) electrons. The van der Waals surface area contributed by atoms with Gasteiger partial charge in [-0.1, -0.05) is 28.1 Å². The predicted molar refractivity (Wildman–Crippen MR) is 87.9 cm³/mol. The van der Waals surface area contributed by atoms with Crippen molar-refractivity contribution in [3.05, 3.63) is 64.4 Å². The van der Waals surface area contributed by atoms with E-state index in [2.05, 4.69) is 69.6 Å². The Hall–Kier alpha value is -1.19. The molecule has 106 valence electrons. The molecule has 0 aliphatic carbocycles. The number of hydrogen-bond donors (Lipinski definition) is 1. The van der Waals surface area contributed by atoms with Gasteiger partial charge < -0.3 is 5.32 Å². The second-order valence-corrected chi connectivity index (χ2v) is 6.06. The van der Waals surface area contributed by atoms with Crippen molar-refractivity contribution in [1.82, 2.24) is 10.3 Å². The molecule has 20 heavy (non-hydrogen) atoms. The van der Waals surface area contributed by atoms with Crippen LogP contribution < -0.4 is 5.32 Å². The summed E-state index contributed by atoms with van der Waals surface area (Å²) in [5.74, 6) is 0. The maximum Gasteiger partial charge on any atom is 0.0270 e. The van der Waals surface area contributed by atoms with E-state index < -0.39 is 0 Å². The number of pyridine rings is 1. The Balaban J connectivity index is 1.64. The van der Waals surface area contributed by atoms with Gasteiger partial charge in [0.25, 0.3) is 0 Å². The summed E-state index contributed by atoms with van der Waals surface area (Å²) in [5, 5.41) is 3.58. The quantitative estimate of drug-likeness (QED) is 0.775. The highest BCUT2D eigenvalue weighted by molar-refractivity contribution is 9.10. The fourth-order valence-electron chi connectivity index (χ4n) is 2.24. The van der Waals surface area contributed by atoms with E-state index >= 15 is 0 Å². The van der Waals surface area contributed by atoms with Crippen LogP contribution in [0.4, 0.5) is 0 Å². The van der Waals surface area contributed by atoms with Gasteiger partial charge in [-0.3, -0.25) is 4.98 Å². The zero-order chi connectivity index (χ0) is 14.2. The van der Waals surface area contributed by atoms with Crippen molar-refractivity contribution in [3.8, 4) is 0 Å². The van der Waals surface area contributed by atoms with Crippen molar-refractivity contribution >= 4 is 15.9 Å². The van der Waals surface area contributed by atoms with Crippen LogP contribution in [0.2, 0.25) is 0 Å². The highest BCUT2D eigenvalue weighted by atomic mass is 79.9. The first-order chi connectivity index (χ1) is 9.74. The summed E-state index contributed by atoms with van der Waals surface area (Å²) in [6.45, 7) is 3.29. The minimum absolute atomic E-state index is 0.502. The van der Waals surface area contributed by atoms with Gasteiger partial charge in [0.2, 0.25) is 0 Å². The minimum atomic E-state index is 0.502. The van der Waals surface area contributed by atoms with Crippen molar-refractivity contribution in [1.29, 1.82) is 0 Å². The molecule has 0 aliphatic rings. The molecule has 1 heterocycles. The van der Waals surface area contributed by atoms with E-state index in [1.165, 1.54) is 17.5 Å². The monoisotopic (exact) mass is 332 g/mol. The molecule has 0 aliphatic heterocycles. The predicted octanol–water partition coefficient (Wildman–Crippen LogP) is 4.00.